The third kappa shape index (κ3) is 4.77. The molecule has 0 atom stereocenters. The zero-order valence-electron chi connectivity index (χ0n) is 12.5. The number of unbranched alkanes of at least 4 members (excludes halogenated alkanes) is 5. The molecule has 0 N–H and O–H groups in total. The maximum absolute atomic E-state index is 12.3. The molecule has 4 heteroatoms. The predicted octanol–water partition coefficient (Wildman–Crippen LogP) is 6.92. The molecule has 0 unspecified atom stereocenters. The highest BCUT2D eigenvalue weighted by Gasteiger charge is 2.21. The molecule has 0 saturated heterocycles. The molecule has 1 aliphatic carbocycles. The summed E-state index contributed by atoms with van der Waals surface area (Å²) in [7, 11) is 0. The molecular formula is C17H22Br2OS. The smallest absolute Gasteiger partial charge is 0.158 e. The Morgan fingerprint density at radius 3 is 2.57 bits per heavy atom. The summed E-state index contributed by atoms with van der Waals surface area (Å²) in [4.78, 5) is 12.3. The summed E-state index contributed by atoms with van der Waals surface area (Å²) in [6, 6.07) is 0. The number of fused-ring (bicyclic) bond motifs is 1. The van der Waals surface area contributed by atoms with E-state index < -0.39 is 0 Å². The van der Waals surface area contributed by atoms with Gasteiger partial charge in [0.05, 0.1) is 7.57 Å². The molecule has 1 heterocycles. The number of thiophene rings is 1. The van der Waals surface area contributed by atoms with Crippen LogP contribution >= 0.6 is 43.2 Å². The van der Waals surface area contributed by atoms with Crippen molar-refractivity contribution in [3.05, 3.63) is 24.3 Å². The fourth-order valence-corrected chi connectivity index (χ4v) is 5.92. The van der Waals surface area contributed by atoms with Gasteiger partial charge in [0, 0.05) is 12.0 Å². The largest absolute Gasteiger partial charge is 0.295 e. The van der Waals surface area contributed by atoms with Crippen LogP contribution in [0, 0.1) is 0 Å². The average Bonchev–Trinajstić information content (AvgIpc) is 2.77. The van der Waals surface area contributed by atoms with Crippen LogP contribution < -0.4 is 0 Å². The number of hydrogen-bond acceptors (Lipinski definition) is 2. The van der Waals surface area contributed by atoms with Crippen LogP contribution in [0.4, 0.5) is 0 Å². The lowest BCUT2D eigenvalue weighted by atomic mass is 9.91. The van der Waals surface area contributed by atoms with Crippen LogP contribution in [0.2, 0.25) is 0 Å². The molecule has 21 heavy (non-hydrogen) atoms. The van der Waals surface area contributed by atoms with Gasteiger partial charge >= 0.3 is 0 Å². The Morgan fingerprint density at radius 1 is 1.10 bits per heavy atom. The van der Waals surface area contributed by atoms with Gasteiger partial charge in [0.15, 0.2) is 5.78 Å². The van der Waals surface area contributed by atoms with Crippen LogP contribution in [0.15, 0.2) is 13.1 Å². The number of Topliss-reactive ketones (excluding diaryl/α,β-unsaturated/α-hetero) is 1. The number of carbonyl (C=O) groups excluding carboxylic acids is 1. The van der Waals surface area contributed by atoms with Gasteiger partial charge in [-0.25, -0.2) is 0 Å². The molecule has 1 aliphatic rings. The van der Waals surface area contributed by atoms with Crippen molar-refractivity contribution < 1.29 is 4.79 Å². The summed E-state index contributed by atoms with van der Waals surface area (Å²) in [6.07, 6.45) is 12.1. The maximum Gasteiger partial charge on any atom is 0.158 e. The fraction of sp³-hybridized carbons (Fsp3) is 0.588. The van der Waals surface area contributed by atoms with Crippen molar-refractivity contribution in [2.45, 2.75) is 64.7 Å². The van der Waals surface area contributed by atoms with Crippen LogP contribution in [-0.4, -0.2) is 5.78 Å². The van der Waals surface area contributed by atoms with E-state index in [0.717, 1.165) is 35.0 Å². The van der Waals surface area contributed by atoms with Gasteiger partial charge in [0.2, 0.25) is 0 Å². The number of halogens is 2. The summed E-state index contributed by atoms with van der Waals surface area (Å²) in [5.74, 6) is 0.352. The van der Waals surface area contributed by atoms with Crippen molar-refractivity contribution in [1.29, 1.82) is 0 Å². The molecular weight excluding hydrogens is 412 g/mol. The summed E-state index contributed by atoms with van der Waals surface area (Å²) in [5, 5.41) is 0. The van der Waals surface area contributed by atoms with E-state index in [1.165, 1.54) is 47.0 Å². The Morgan fingerprint density at radius 2 is 1.81 bits per heavy atom. The minimum Gasteiger partial charge on any atom is -0.295 e. The zero-order valence-corrected chi connectivity index (χ0v) is 16.5. The first kappa shape index (κ1) is 17.4. The van der Waals surface area contributed by atoms with E-state index in [4.69, 9.17) is 0 Å². The quantitative estimate of drug-likeness (QED) is 0.406. The van der Waals surface area contributed by atoms with Gasteiger partial charge in [-0.15, -0.1) is 11.3 Å². The lowest BCUT2D eigenvalue weighted by Crippen LogP contribution is -2.07. The SMILES string of the molecule is CCCCCCCCC(=O)C1=Cc2c(Br)sc(Br)c2CC1. The fourth-order valence-electron chi connectivity index (χ4n) is 2.75. The molecule has 1 nitrogen and oxygen atoms in total. The molecule has 0 bridgehead atoms. The minimum atomic E-state index is 0.352. The van der Waals surface area contributed by atoms with Gasteiger partial charge in [0.1, 0.15) is 0 Å². The van der Waals surface area contributed by atoms with Crippen LogP contribution in [0.5, 0.6) is 0 Å². The van der Waals surface area contributed by atoms with Crippen molar-refractivity contribution in [2.24, 2.45) is 0 Å². The summed E-state index contributed by atoms with van der Waals surface area (Å²) >= 11 is 8.91. The Bertz CT molecular complexity index is 531. The van der Waals surface area contributed by atoms with Crippen molar-refractivity contribution in [3.63, 3.8) is 0 Å². The first-order valence-corrected chi connectivity index (χ1v) is 10.2. The normalized spacial score (nSPS) is 14.0. The first-order valence-electron chi connectivity index (χ1n) is 7.84. The van der Waals surface area contributed by atoms with Gasteiger partial charge in [-0.2, -0.15) is 0 Å². The number of allylic oxidation sites excluding steroid dienone is 1. The highest BCUT2D eigenvalue weighted by Crippen LogP contribution is 2.42. The van der Waals surface area contributed by atoms with Crippen molar-refractivity contribution >= 4 is 55.1 Å². The summed E-state index contributed by atoms with van der Waals surface area (Å²) in [6.45, 7) is 2.23. The van der Waals surface area contributed by atoms with Crippen LogP contribution in [0.25, 0.3) is 6.08 Å². The Labute approximate surface area is 148 Å². The van der Waals surface area contributed by atoms with Gasteiger partial charge in [-0.1, -0.05) is 39.0 Å². The van der Waals surface area contributed by atoms with Gasteiger partial charge < -0.3 is 0 Å². The molecule has 1 aromatic rings. The second kappa shape index (κ2) is 8.64. The van der Waals surface area contributed by atoms with E-state index in [9.17, 15) is 4.79 Å². The second-order valence-corrected chi connectivity index (χ2v) is 9.31. The Kier molecular flexibility index (Phi) is 7.17. The summed E-state index contributed by atoms with van der Waals surface area (Å²) in [5.41, 5.74) is 3.58. The molecule has 0 aliphatic heterocycles. The van der Waals surface area contributed by atoms with Crippen LogP contribution in [0.3, 0.4) is 0 Å². The maximum atomic E-state index is 12.3. The number of carbonyl (C=O) groups is 1. The molecule has 0 radical (unpaired) electrons. The first-order chi connectivity index (χ1) is 10.1. The molecule has 116 valence electrons. The van der Waals surface area contributed by atoms with E-state index in [2.05, 4.69) is 44.9 Å². The average molecular weight is 434 g/mol. The molecule has 0 fully saturated rings. The van der Waals surface area contributed by atoms with Crippen molar-refractivity contribution in [1.82, 2.24) is 0 Å². The molecule has 0 aromatic carbocycles. The van der Waals surface area contributed by atoms with Crippen LogP contribution in [-0.2, 0) is 11.2 Å². The minimum absolute atomic E-state index is 0.352. The zero-order chi connectivity index (χ0) is 15.2. The lowest BCUT2D eigenvalue weighted by Gasteiger charge is -2.13. The standard InChI is InChI=1S/C17H22Br2OS/c1-2-3-4-5-6-7-8-15(20)12-9-10-13-14(11-12)17(19)21-16(13)18/h11H,2-10H2,1H3. The van der Waals surface area contributed by atoms with E-state index >= 15 is 0 Å². The molecule has 2 rings (SSSR count). The lowest BCUT2D eigenvalue weighted by molar-refractivity contribution is -0.115. The predicted molar refractivity (Wildman–Crippen MR) is 99.0 cm³/mol. The number of ketones is 1. The Balaban J connectivity index is 1.85. The van der Waals surface area contributed by atoms with Crippen molar-refractivity contribution in [2.75, 3.05) is 0 Å². The van der Waals surface area contributed by atoms with Crippen molar-refractivity contribution in [3.8, 4) is 0 Å². The second-order valence-electron chi connectivity index (χ2n) is 5.65. The van der Waals surface area contributed by atoms with Crippen LogP contribution in [0.1, 0.15) is 69.4 Å². The highest BCUT2D eigenvalue weighted by molar-refractivity contribution is 9.12. The number of rotatable bonds is 8. The third-order valence-corrected chi connectivity index (χ3v) is 6.73. The topological polar surface area (TPSA) is 17.1 Å². The molecule has 0 saturated carbocycles. The van der Waals surface area contributed by atoms with Gasteiger partial charge in [-0.05, 0) is 68.3 Å². The molecule has 0 spiro atoms. The Hall–Kier alpha value is 0.0700. The third-order valence-electron chi connectivity index (χ3n) is 4.03. The van der Waals surface area contributed by atoms with E-state index in [1.807, 2.05) is 0 Å². The van der Waals surface area contributed by atoms with E-state index in [0.29, 0.717) is 5.78 Å². The van der Waals surface area contributed by atoms with Gasteiger partial charge in [0.25, 0.3) is 0 Å². The monoisotopic (exact) mass is 432 g/mol. The molecule has 1 aromatic heterocycles. The van der Waals surface area contributed by atoms with E-state index in [1.54, 1.807) is 11.3 Å². The van der Waals surface area contributed by atoms with Gasteiger partial charge in [-0.3, -0.25) is 4.79 Å². The highest BCUT2D eigenvalue weighted by atomic mass is 79.9. The van der Waals surface area contributed by atoms with E-state index in [-0.39, 0.29) is 0 Å². The number of hydrogen-bond donors (Lipinski definition) is 0. The molecule has 0 amide bonds. The summed E-state index contributed by atoms with van der Waals surface area (Å²) < 4.78 is 2.33.